The van der Waals surface area contributed by atoms with Gasteiger partial charge in [-0.3, -0.25) is 4.79 Å². The summed E-state index contributed by atoms with van der Waals surface area (Å²) in [5, 5.41) is 10.7. The van der Waals surface area contributed by atoms with Crippen LogP contribution < -0.4 is 9.47 Å². The molecule has 0 unspecified atom stereocenters. The number of carbonyl (C=O) groups is 1. The van der Waals surface area contributed by atoms with E-state index in [1.807, 2.05) is 44.2 Å². The molecule has 2 aromatic carbocycles. The highest BCUT2D eigenvalue weighted by atomic mass is 16.7. The maximum atomic E-state index is 13.2. The number of nitrogens with one attached hydrogen (secondary N) is 1. The van der Waals surface area contributed by atoms with Crippen molar-refractivity contribution in [1.29, 1.82) is 0 Å². The summed E-state index contributed by atoms with van der Waals surface area (Å²) in [4.78, 5) is 16.6. The second kappa shape index (κ2) is 6.36. The van der Waals surface area contributed by atoms with Crippen molar-refractivity contribution in [1.82, 2.24) is 4.98 Å². The van der Waals surface area contributed by atoms with Crippen LogP contribution in [0.5, 0.6) is 11.5 Å². The molecule has 5 heteroatoms. The van der Waals surface area contributed by atoms with Crippen molar-refractivity contribution in [2.45, 2.75) is 43.9 Å². The molecule has 0 bridgehead atoms. The zero-order valence-corrected chi connectivity index (χ0v) is 16.7. The third kappa shape index (κ3) is 3.01. The lowest BCUT2D eigenvalue weighted by Gasteiger charge is -2.19. The van der Waals surface area contributed by atoms with Gasteiger partial charge in [-0.15, -0.1) is 0 Å². The van der Waals surface area contributed by atoms with Gasteiger partial charge < -0.3 is 19.6 Å². The highest BCUT2D eigenvalue weighted by molar-refractivity contribution is 5.95. The minimum atomic E-state index is -0.391. The van der Waals surface area contributed by atoms with Crippen molar-refractivity contribution in [2.75, 3.05) is 13.4 Å². The topological polar surface area (TPSA) is 71.6 Å². The molecule has 0 saturated heterocycles. The quantitative estimate of drug-likeness (QED) is 0.666. The highest BCUT2D eigenvalue weighted by Gasteiger charge is 2.50. The van der Waals surface area contributed by atoms with Crippen LogP contribution in [0, 0.1) is 0 Å². The van der Waals surface area contributed by atoms with Gasteiger partial charge in [0, 0.05) is 23.0 Å². The van der Waals surface area contributed by atoms with Crippen LogP contribution in [-0.4, -0.2) is 29.3 Å². The number of H-pyrrole nitrogens is 1. The van der Waals surface area contributed by atoms with Crippen molar-refractivity contribution in [3.63, 3.8) is 0 Å². The van der Waals surface area contributed by atoms with Gasteiger partial charge in [0.2, 0.25) is 6.79 Å². The first-order valence-electron chi connectivity index (χ1n) is 10.1. The standard InChI is InChI=1S/C24H25NO4/c1-23(2,13-26)21-11-16-9-15(3-5-18(16)25-21)10-22(27)24(7-8-24)17-4-6-19-20(12-17)29-14-28-19/h3-6,9,11-12,25-26H,7-8,10,13-14H2,1-2H3. The molecule has 2 heterocycles. The van der Waals surface area contributed by atoms with E-state index in [9.17, 15) is 9.90 Å². The third-order valence-corrected chi connectivity index (χ3v) is 6.38. The number of aromatic nitrogens is 1. The van der Waals surface area contributed by atoms with E-state index in [2.05, 4.69) is 17.1 Å². The molecule has 5 nitrogen and oxygen atoms in total. The van der Waals surface area contributed by atoms with Gasteiger partial charge in [0.15, 0.2) is 11.5 Å². The van der Waals surface area contributed by atoms with Gasteiger partial charge >= 0.3 is 0 Å². The normalized spacial score (nSPS) is 16.9. The molecule has 29 heavy (non-hydrogen) atoms. The lowest BCUT2D eigenvalue weighted by atomic mass is 9.87. The summed E-state index contributed by atoms with van der Waals surface area (Å²) in [6, 6.07) is 14.1. The molecular formula is C24H25NO4. The number of carbonyl (C=O) groups excluding carboxylic acids is 1. The number of ketones is 1. The number of hydrogen-bond acceptors (Lipinski definition) is 4. The summed E-state index contributed by atoms with van der Waals surface area (Å²) >= 11 is 0. The van der Waals surface area contributed by atoms with Crippen molar-refractivity contribution in [2.24, 2.45) is 0 Å². The summed E-state index contributed by atoms with van der Waals surface area (Å²) in [6.07, 6.45) is 2.17. The molecule has 3 aromatic rings. The number of aliphatic hydroxyl groups excluding tert-OH is 1. The van der Waals surface area contributed by atoms with E-state index in [1.165, 1.54) is 0 Å². The van der Waals surface area contributed by atoms with E-state index in [0.29, 0.717) is 6.42 Å². The van der Waals surface area contributed by atoms with Crippen LogP contribution in [0.25, 0.3) is 10.9 Å². The summed E-state index contributed by atoms with van der Waals surface area (Å²) in [5.41, 5.74) is 3.35. The van der Waals surface area contributed by atoms with Crippen LogP contribution in [0.3, 0.4) is 0 Å². The van der Waals surface area contributed by atoms with Crippen LogP contribution in [0.1, 0.15) is 43.5 Å². The minimum Gasteiger partial charge on any atom is -0.454 e. The van der Waals surface area contributed by atoms with Crippen molar-refractivity contribution >= 4 is 16.7 Å². The number of rotatable bonds is 6. The Morgan fingerprint density at radius 3 is 2.66 bits per heavy atom. The number of benzene rings is 2. The Morgan fingerprint density at radius 2 is 1.90 bits per heavy atom. The maximum absolute atomic E-state index is 13.2. The van der Waals surface area contributed by atoms with E-state index in [4.69, 9.17) is 9.47 Å². The predicted octanol–water partition coefficient (Wildman–Crippen LogP) is 4.01. The van der Waals surface area contributed by atoms with Gasteiger partial charge in [-0.25, -0.2) is 0 Å². The van der Waals surface area contributed by atoms with Gasteiger partial charge in [0.1, 0.15) is 5.78 Å². The van der Waals surface area contributed by atoms with E-state index >= 15 is 0 Å². The fraction of sp³-hybridized carbons (Fsp3) is 0.375. The number of fused-ring (bicyclic) bond motifs is 2. The van der Waals surface area contributed by atoms with Gasteiger partial charge in [-0.2, -0.15) is 0 Å². The van der Waals surface area contributed by atoms with Gasteiger partial charge in [0.05, 0.1) is 12.0 Å². The Kier molecular flexibility index (Phi) is 4.00. The highest BCUT2D eigenvalue weighted by Crippen LogP contribution is 2.51. The average Bonchev–Trinajstić information content (AvgIpc) is 3.20. The number of Topliss-reactive ketones (excluding diaryl/α,β-unsaturated/α-hetero) is 1. The monoisotopic (exact) mass is 391 g/mol. The molecule has 1 aromatic heterocycles. The van der Waals surface area contributed by atoms with E-state index in [1.54, 1.807) is 0 Å². The van der Waals surface area contributed by atoms with Gasteiger partial charge in [-0.1, -0.05) is 26.0 Å². The van der Waals surface area contributed by atoms with Crippen LogP contribution in [-0.2, 0) is 22.0 Å². The molecule has 1 aliphatic heterocycles. The summed E-state index contributed by atoms with van der Waals surface area (Å²) in [6.45, 7) is 4.32. The van der Waals surface area contributed by atoms with Crippen molar-refractivity contribution in [3.05, 3.63) is 59.3 Å². The second-order valence-electron chi connectivity index (χ2n) is 8.90. The zero-order valence-electron chi connectivity index (χ0n) is 16.7. The molecule has 1 saturated carbocycles. The average molecular weight is 391 g/mol. The first-order valence-corrected chi connectivity index (χ1v) is 10.1. The fourth-order valence-corrected chi connectivity index (χ4v) is 4.14. The lowest BCUT2D eigenvalue weighted by Crippen LogP contribution is -2.22. The zero-order chi connectivity index (χ0) is 20.2. The van der Waals surface area contributed by atoms with E-state index < -0.39 is 5.41 Å². The molecule has 1 aliphatic carbocycles. The molecule has 2 N–H and O–H groups in total. The Bertz CT molecular complexity index is 1110. The van der Waals surface area contributed by atoms with E-state index in [0.717, 1.165) is 52.1 Å². The van der Waals surface area contributed by atoms with Crippen molar-refractivity contribution < 1.29 is 19.4 Å². The molecule has 5 rings (SSSR count). The first kappa shape index (κ1) is 18.3. The summed E-state index contributed by atoms with van der Waals surface area (Å²) in [7, 11) is 0. The molecule has 0 amide bonds. The molecule has 150 valence electrons. The van der Waals surface area contributed by atoms with Gasteiger partial charge in [0.25, 0.3) is 0 Å². The number of aromatic amines is 1. The maximum Gasteiger partial charge on any atom is 0.231 e. The van der Waals surface area contributed by atoms with Crippen LogP contribution in [0.2, 0.25) is 0 Å². The molecule has 2 aliphatic rings. The molecule has 0 spiro atoms. The first-order chi connectivity index (χ1) is 13.9. The predicted molar refractivity (Wildman–Crippen MR) is 111 cm³/mol. The van der Waals surface area contributed by atoms with E-state index in [-0.39, 0.29) is 24.6 Å². The third-order valence-electron chi connectivity index (χ3n) is 6.38. The molecular weight excluding hydrogens is 366 g/mol. The van der Waals surface area contributed by atoms with Gasteiger partial charge in [-0.05, 0) is 59.7 Å². The Morgan fingerprint density at radius 1 is 1.10 bits per heavy atom. The number of hydrogen-bond donors (Lipinski definition) is 2. The largest absolute Gasteiger partial charge is 0.454 e. The van der Waals surface area contributed by atoms with Crippen LogP contribution in [0.4, 0.5) is 0 Å². The second-order valence-corrected chi connectivity index (χ2v) is 8.90. The smallest absolute Gasteiger partial charge is 0.231 e. The Hall–Kier alpha value is -2.79. The van der Waals surface area contributed by atoms with Crippen LogP contribution >= 0.6 is 0 Å². The number of aliphatic hydroxyl groups is 1. The van der Waals surface area contributed by atoms with Crippen molar-refractivity contribution in [3.8, 4) is 11.5 Å². The molecule has 0 atom stereocenters. The number of ether oxygens (including phenoxy) is 2. The summed E-state index contributed by atoms with van der Waals surface area (Å²) < 4.78 is 10.9. The Labute approximate surface area is 169 Å². The fourth-order valence-electron chi connectivity index (χ4n) is 4.14. The SMILES string of the molecule is CC(C)(CO)c1cc2cc(CC(=O)C3(c4ccc5c(c4)OCO5)CC3)ccc2[nH]1. The lowest BCUT2D eigenvalue weighted by molar-refractivity contribution is -0.120. The molecule has 0 radical (unpaired) electrons. The minimum absolute atomic E-state index is 0.0726. The molecule has 1 fully saturated rings. The summed E-state index contributed by atoms with van der Waals surface area (Å²) in [5.74, 6) is 1.73. The Balaban J connectivity index is 1.39. The van der Waals surface area contributed by atoms with Crippen LogP contribution in [0.15, 0.2) is 42.5 Å².